The molecule has 0 aliphatic carbocycles. The molecule has 1 atom stereocenters. The summed E-state index contributed by atoms with van der Waals surface area (Å²) < 4.78 is 6.59. The standard InChI is InChI=1S/C15H14BrCl2NO/c1-9(19-2)10-3-5-15(13(18)7-10)20-14-6-4-11(17)8-12(14)16/h3-9,19H,1-2H3. The van der Waals surface area contributed by atoms with Gasteiger partial charge in [0.1, 0.15) is 11.5 Å². The third kappa shape index (κ3) is 3.67. The molecular weight excluding hydrogens is 361 g/mol. The Balaban J connectivity index is 2.25. The SMILES string of the molecule is CNC(C)c1ccc(Oc2ccc(Cl)cc2Br)c(Cl)c1. The number of nitrogens with one attached hydrogen (secondary N) is 1. The Morgan fingerprint density at radius 2 is 1.80 bits per heavy atom. The maximum Gasteiger partial charge on any atom is 0.146 e. The van der Waals surface area contributed by atoms with Gasteiger partial charge in [0, 0.05) is 11.1 Å². The molecule has 0 saturated heterocycles. The maximum atomic E-state index is 6.27. The van der Waals surface area contributed by atoms with Gasteiger partial charge in [-0.05, 0) is 65.8 Å². The fourth-order valence-electron chi connectivity index (χ4n) is 1.71. The van der Waals surface area contributed by atoms with Crippen molar-refractivity contribution in [3.63, 3.8) is 0 Å². The van der Waals surface area contributed by atoms with Crippen LogP contribution in [-0.2, 0) is 0 Å². The predicted molar refractivity (Wildman–Crippen MR) is 88.2 cm³/mol. The lowest BCUT2D eigenvalue weighted by molar-refractivity contribution is 0.479. The molecule has 2 aromatic rings. The molecule has 0 aromatic heterocycles. The van der Waals surface area contributed by atoms with Crippen LogP contribution in [0.3, 0.4) is 0 Å². The number of ether oxygens (including phenoxy) is 1. The van der Waals surface area contributed by atoms with E-state index in [1.807, 2.05) is 25.2 Å². The average molecular weight is 375 g/mol. The Morgan fingerprint density at radius 1 is 1.10 bits per heavy atom. The summed E-state index contributed by atoms with van der Waals surface area (Å²) in [6, 6.07) is 11.4. The summed E-state index contributed by atoms with van der Waals surface area (Å²) >= 11 is 15.6. The molecule has 0 amide bonds. The van der Waals surface area contributed by atoms with E-state index in [1.165, 1.54) is 0 Å². The Labute approximate surface area is 137 Å². The van der Waals surface area contributed by atoms with E-state index in [0.29, 0.717) is 21.5 Å². The number of hydrogen-bond acceptors (Lipinski definition) is 2. The molecule has 106 valence electrons. The monoisotopic (exact) mass is 373 g/mol. The van der Waals surface area contributed by atoms with Gasteiger partial charge in [0.25, 0.3) is 0 Å². The number of benzene rings is 2. The summed E-state index contributed by atoms with van der Waals surface area (Å²) in [6.45, 7) is 2.07. The average Bonchev–Trinajstić information content (AvgIpc) is 2.42. The van der Waals surface area contributed by atoms with Crippen LogP contribution >= 0.6 is 39.1 Å². The lowest BCUT2D eigenvalue weighted by atomic mass is 10.1. The van der Waals surface area contributed by atoms with E-state index >= 15 is 0 Å². The molecule has 0 fully saturated rings. The van der Waals surface area contributed by atoms with Crippen LogP contribution in [0.4, 0.5) is 0 Å². The summed E-state index contributed by atoms with van der Waals surface area (Å²) in [7, 11) is 1.91. The van der Waals surface area contributed by atoms with Gasteiger partial charge in [-0.25, -0.2) is 0 Å². The number of rotatable bonds is 4. The molecule has 0 aliphatic heterocycles. The highest BCUT2D eigenvalue weighted by Gasteiger charge is 2.10. The van der Waals surface area contributed by atoms with Crippen molar-refractivity contribution in [1.29, 1.82) is 0 Å². The van der Waals surface area contributed by atoms with Crippen LogP contribution in [0.2, 0.25) is 10.0 Å². The van der Waals surface area contributed by atoms with E-state index in [1.54, 1.807) is 18.2 Å². The zero-order valence-electron chi connectivity index (χ0n) is 11.1. The van der Waals surface area contributed by atoms with Crippen molar-refractivity contribution in [3.8, 4) is 11.5 Å². The smallest absolute Gasteiger partial charge is 0.146 e. The minimum absolute atomic E-state index is 0.240. The lowest BCUT2D eigenvalue weighted by Gasteiger charge is -2.14. The normalized spacial score (nSPS) is 12.2. The van der Waals surface area contributed by atoms with Crippen molar-refractivity contribution in [2.45, 2.75) is 13.0 Å². The highest BCUT2D eigenvalue weighted by molar-refractivity contribution is 9.10. The van der Waals surface area contributed by atoms with E-state index in [2.05, 4.69) is 28.2 Å². The molecule has 0 spiro atoms. The topological polar surface area (TPSA) is 21.3 Å². The molecule has 2 aromatic carbocycles. The highest BCUT2D eigenvalue weighted by Crippen LogP contribution is 2.36. The number of hydrogen-bond donors (Lipinski definition) is 1. The second kappa shape index (κ2) is 6.81. The van der Waals surface area contributed by atoms with Crippen molar-refractivity contribution < 1.29 is 4.74 Å². The van der Waals surface area contributed by atoms with Gasteiger partial charge in [0.2, 0.25) is 0 Å². The van der Waals surface area contributed by atoms with Gasteiger partial charge >= 0.3 is 0 Å². The molecule has 0 heterocycles. The third-order valence-corrected chi connectivity index (χ3v) is 4.15. The highest BCUT2D eigenvalue weighted by atomic mass is 79.9. The predicted octanol–water partition coefficient (Wildman–Crippen LogP) is 5.83. The van der Waals surface area contributed by atoms with Crippen molar-refractivity contribution in [2.24, 2.45) is 0 Å². The molecule has 20 heavy (non-hydrogen) atoms. The van der Waals surface area contributed by atoms with E-state index in [9.17, 15) is 0 Å². The third-order valence-electron chi connectivity index (χ3n) is 3.00. The van der Waals surface area contributed by atoms with E-state index in [4.69, 9.17) is 27.9 Å². The molecular formula is C15H14BrCl2NO. The first-order valence-corrected chi connectivity index (χ1v) is 7.65. The van der Waals surface area contributed by atoms with Gasteiger partial charge < -0.3 is 10.1 Å². The minimum Gasteiger partial charge on any atom is -0.455 e. The van der Waals surface area contributed by atoms with Crippen LogP contribution in [0.5, 0.6) is 11.5 Å². The van der Waals surface area contributed by atoms with E-state index in [0.717, 1.165) is 10.0 Å². The molecule has 2 nitrogen and oxygen atoms in total. The fourth-order valence-corrected chi connectivity index (χ4v) is 2.70. The molecule has 1 unspecified atom stereocenters. The first-order chi connectivity index (χ1) is 9.51. The zero-order valence-corrected chi connectivity index (χ0v) is 14.2. The van der Waals surface area contributed by atoms with Gasteiger partial charge in [0.15, 0.2) is 0 Å². The molecule has 0 saturated carbocycles. The van der Waals surface area contributed by atoms with Crippen LogP contribution in [-0.4, -0.2) is 7.05 Å². The number of halogens is 3. The van der Waals surface area contributed by atoms with Crippen LogP contribution in [0.25, 0.3) is 0 Å². The van der Waals surface area contributed by atoms with Crippen molar-refractivity contribution >= 4 is 39.1 Å². The summed E-state index contributed by atoms with van der Waals surface area (Å²) in [5.41, 5.74) is 1.11. The quantitative estimate of drug-likeness (QED) is 0.726. The molecule has 0 aliphatic rings. The van der Waals surface area contributed by atoms with E-state index in [-0.39, 0.29) is 6.04 Å². The van der Waals surface area contributed by atoms with Crippen LogP contribution < -0.4 is 10.1 Å². The van der Waals surface area contributed by atoms with Gasteiger partial charge in [-0.2, -0.15) is 0 Å². The summed E-state index contributed by atoms with van der Waals surface area (Å²) in [5, 5.41) is 4.39. The Kier molecular flexibility index (Phi) is 5.33. The van der Waals surface area contributed by atoms with Gasteiger partial charge in [-0.1, -0.05) is 29.3 Å². The Hall–Kier alpha value is -0.740. The summed E-state index contributed by atoms with van der Waals surface area (Å²) in [5.74, 6) is 1.28. The fraction of sp³-hybridized carbons (Fsp3) is 0.200. The second-order valence-corrected chi connectivity index (χ2v) is 6.08. The molecule has 2 rings (SSSR count). The van der Waals surface area contributed by atoms with Crippen LogP contribution in [0.1, 0.15) is 18.5 Å². The Bertz CT molecular complexity index is 619. The first-order valence-electron chi connectivity index (χ1n) is 6.11. The first kappa shape index (κ1) is 15.6. The van der Waals surface area contributed by atoms with Crippen LogP contribution in [0, 0.1) is 0 Å². The largest absolute Gasteiger partial charge is 0.455 e. The van der Waals surface area contributed by atoms with Crippen molar-refractivity contribution in [3.05, 3.63) is 56.5 Å². The summed E-state index contributed by atoms with van der Waals surface area (Å²) in [4.78, 5) is 0. The van der Waals surface area contributed by atoms with Crippen molar-refractivity contribution in [2.75, 3.05) is 7.05 Å². The van der Waals surface area contributed by atoms with Gasteiger partial charge in [0.05, 0.1) is 9.50 Å². The molecule has 0 bridgehead atoms. The second-order valence-electron chi connectivity index (χ2n) is 4.38. The van der Waals surface area contributed by atoms with Crippen molar-refractivity contribution in [1.82, 2.24) is 5.32 Å². The molecule has 1 N–H and O–H groups in total. The van der Waals surface area contributed by atoms with Gasteiger partial charge in [-0.3, -0.25) is 0 Å². The van der Waals surface area contributed by atoms with E-state index < -0.39 is 0 Å². The Morgan fingerprint density at radius 3 is 2.40 bits per heavy atom. The zero-order chi connectivity index (χ0) is 14.7. The minimum atomic E-state index is 0.240. The molecule has 0 radical (unpaired) electrons. The lowest BCUT2D eigenvalue weighted by Crippen LogP contribution is -2.12. The maximum absolute atomic E-state index is 6.27. The molecule has 5 heteroatoms. The van der Waals surface area contributed by atoms with Gasteiger partial charge in [-0.15, -0.1) is 0 Å². The summed E-state index contributed by atoms with van der Waals surface area (Å²) in [6.07, 6.45) is 0. The van der Waals surface area contributed by atoms with Crippen LogP contribution in [0.15, 0.2) is 40.9 Å².